The minimum atomic E-state index is -0.686. The van der Waals surface area contributed by atoms with Gasteiger partial charge in [-0.2, -0.15) is 0 Å². The Balaban J connectivity index is 1.00. The monoisotopic (exact) mass is 772 g/mol. The second-order valence-electron chi connectivity index (χ2n) is 14.7. The maximum Gasteiger partial charge on any atom is 0.407 e. The molecule has 4 amide bonds. The summed E-state index contributed by atoms with van der Waals surface area (Å²) in [6.07, 6.45) is 2.77. The summed E-state index contributed by atoms with van der Waals surface area (Å²) in [4.78, 5) is 67.0. The van der Waals surface area contributed by atoms with Gasteiger partial charge >= 0.3 is 12.2 Å². The van der Waals surface area contributed by atoms with Crippen LogP contribution >= 0.6 is 0 Å². The van der Waals surface area contributed by atoms with Crippen LogP contribution in [0.5, 0.6) is 0 Å². The number of nitrogens with one attached hydrogen (secondary N) is 5. The Bertz CT molecular complexity index is 2440. The maximum absolute atomic E-state index is 13.6. The van der Waals surface area contributed by atoms with Crippen molar-refractivity contribution >= 4 is 56.8 Å². The van der Waals surface area contributed by atoms with E-state index in [-0.39, 0.29) is 30.3 Å². The third-order valence-electron chi connectivity index (χ3n) is 10.5. The van der Waals surface area contributed by atoms with Gasteiger partial charge in [-0.15, -0.1) is 0 Å². The summed E-state index contributed by atoms with van der Waals surface area (Å²) < 4.78 is 9.24. The van der Waals surface area contributed by atoms with Crippen molar-refractivity contribution in [3.05, 3.63) is 84.4 Å². The number of alkyl carbamates (subject to hydrolysis) is 2. The zero-order valence-corrected chi connectivity index (χ0v) is 32.6. The first kappa shape index (κ1) is 38.8. The average molecular weight is 773 g/mol. The largest absolute Gasteiger partial charge is 0.453 e. The normalized spacial score (nSPS) is 14.6. The lowest BCUT2D eigenvalue weighted by Gasteiger charge is -2.29. The average Bonchev–Trinajstić information content (AvgIpc) is 3.98. The van der Waals surface area contributed by atoms with Gasteiger partial charge < -0.3 is 40.3 Å². The van der Waals surface area contributed by atoms with Crippen LogP contribution in [0.15, 0.2) is 72.8 Å². The highest BCUT2D eigenvalue weighted by molar-refractivity contribution is 5.93. The summed E-state index contributed by atoms with van der Waals surface area (Å²) in [6.45, 7) is 4.81. The second kappa shape index (κ2) is 17.1. The summed E-state index contributed by atoms with van der Waals surface area (Å²) in [5.74, 6) is 1.15. The molecule has 2 atom stereocenters. The highest BCUT2D eigenvalue weighted by Gasteiger charge is 2.37. The number of ether oxygens (including phenoxy) is 2. The van der Waals surface area contributed by atoms with E-state index in [1.807, 2.05) is 30.9 Å². The number of hydrogen-bond donors (Lipinski definition) is 5. The molecule has 1 saturated heterocycles. The van der Waals surface area contributed by atoms with Crippen LogP contribution in [-0.4, -0.2) is 88.7 Å². The van der Waals surface area contributed by atoms with Gasteiger partial charge in [0, 0.05) is 19.5 Å². The molecule has 296 valence electrons. The van der Waals surface area contributed by atoms with Crippen LogP contribution in [0, 0.1) is 5.92 Å². The van der Waals surface area contributed by atoms with Crippen LogP contribution in [0.1, 0.15) is 57.2 Å². The molecule has 0 radical (unpaired) electrons. The minimum absolute atomic E-state index is 0.103. The molecule has 0 bridgehead atoms. The molecule has 1 fully saturated rings. The molecule has 6 aromatic rings. The molecule has 2 unspecified atom stereocenters. The van der Waals surface area contributed by atoms with E-state index in [4.69, 9.17) is 14.7 Å². The SMILES string of the molecule is COC(=O)NCC(=O)NCCCCc1nc2ccc(-c3ccc4cc(-c5ccc6nc(C7CCCN7C(=O)C(NC(=O)OC)C(C)C)[nH]c6c5)ccc4c3)cc2[nH]1. The fourth-order valence-corrected chi connectivity index (χ4v) is 7.46. The number of benzene rings is 4. The molecule has 1 aliphatic heterocycles. The number of carbonyl (C=O) groups excluding carboxylic acids is 4. The number of aromatic nitrogens is 4. The van der Waals surface area contributed by atoms with Crippen molar-refractivity contribution in [1.29, 1.82) is 0 Å². The number of nitrogens with zero attached hydrogens (tertiary/aromatic N) is 3. The number of hydrogen-bond acceptors (Lipinski definition) is 8. The zero-order chi connectivity index (χ0) is 40.1. The molecule has 4 aromatic carbocycles. The topological polar surface area (TPSA) is 183 Å². The highest BCUT2D eigenvalue weighted by atomic mass is 16.5. The van der Waals surface area contributed by atoms with Gasteiger partial charge in [0.1, 0.15) is 17.7 Å². The Hall–Kier alpha value is -6.44. The first-order valence-electron chi connectivity index (χ1n) is 19.4. The molecule has 0 spiro atoms. The Morgan fingerprint density at radius 1 is 0.772 bits per heavy atom. The van der Waals surface area contributed by atoms with Crippen molar-refractivity contribution in [2.24, 2.45) is 5.92 Å². The van der Waals surface area contributed by atoms with E-state index in [0.29, 0.717) is 13.1 Å². The van der Waals surface area contributed by atoms with Crippen molar-refractivity contribution in [2.45, 2.75) is 58.0 Å². The van der Waals surface area contributed by atoms with Crippen LogP contribution in [0.4, 0.5) is 9.59 Å². The number of amides is 4. The van der Waals surface area contributed by atoms with Gasteiger partial charge in [0.25, 0.3) is 0 Å². The fourth-order valence-electron chi connectivity index (χ4n) is 7.46. The lowest BCUT2D eigenvalue weighted by molar-refractivity contribution is -0.135. The predicted molar refractivity (Wildman–Crippen MR) is 218 cm³/mol. The molecule has 14 nitrogen and oxygen atoms in total. The number of unbranched alkanes of at least 4 members (excludes halogenated alkanes) is 1. The molecule has 14 heteroatoms. The number of aromatic amines is 2. The molecule has 3 heterocycles. The van der Waals surface area contributed by atoms with Crippen LogP contribution in [0.3, 0.4) is 0 Å². The number of carbonyl (C=O) groups is 4. The van der Waals surface area contributed by atoms with Crippen LogP contribution in [0.2, 0.25) is 0 Å². The van der Waals surface area contributed by atoms with Crippen molar-refractivity contribution in [1.82, 2.24) is 40.8 Å². The molecular weight excluding hydrogens is 725 g/mol. The number of H-pyrrole nitrogens is 2. The van der Waals surface area contributed by atoms with Crippen molar-refractivity contribution in [3.8, 4) is 22.3 Å². The Morgan fingerprint density at radius 3 is 2.04 bits per heavy atom. The smallest absolute Gasteiger partial charge is 0.407 e. The fraction of sp³-hybridized carbons (Fsp3) is 0.349. The summed E-state index contributed by atoms with van der Waals surface area (Å²) in [7, 11) is 2.55. The van der Waals surface area contributed by atoms with Crippen molar-refractivity contribution in [3.63, 3.8) is 0 Å². The van der Waals surface area contributed by atoms with E-state index in [0.717, 1.165) is 98.8 Å². The van der Waals surface area contributed by atoms with Crippen LogP contribution < -0.4 is 16.0 Å². The Kier molecular flexibility index (Phi) is 11.7. The third-order valence-corrected chi connectivity index (χ3v) is 10.5. The number of rotatable bonds is 13. The summed E-state index contributed by atoms with van der Waals surface area (Å²) in [5.41, 5.74) is 7.96. The third kappa shape index (κ3) is 8.85. The molecule has 2 aromatic heterocycles. The molecule has 5 N–H and O–H groups in total. The number of methoxy groups -OCH3 is 2. The van der Waals surface area contributed by atoms with Gasteiger partial charge in [0.05, 0.1) is 48.9 Å². The second-order valence-corrected chi connectivity index (χ2v) is 14.7. The lowest BCUT2D eigenvalue weighted by Crippen LogP contribution is -2.51. The van der Waals surface area contributed by atoms with E-state index >= 15 is 0 Å². The van der Waals surface area contributed by atoms with Crippen molar-refractivity contribution < 1.29 is 28.7 Å². The highest BCUT2D eigenvalue weighted by Crippen LogP contribution is 2.35. The van der Waals surface area contributed by atoms with Crippen molar-refractivity contribution in [2.75, 3.05) is 33.9 Å². The van der Waals surface area contributed by atoms with E-state index < -0.39 is 18.2 Å². The van der Waals surface area contributed by atoms with E-state index in [1.165, 1.54) is 14.2 Å². The predicted octanol–water partition coefficient (Wildman–Crippen LogP) is 6.77. The minimum Gasteiger partial charge on any atom is -0.453 e. The number of imidazole rings is 2. The maximum atomic E-state index is 13.6. The number of likely N-dealkylation sites (tertiary alicyclic amines) is 1. The first-order chi connectivity index (χ1) is 27.6. The molecule has 7 rings (SSSR count). The van der Waals surface area contributed by atoms with Gasteiger partial charge in [-0.25, -0.2) is 19.6 Å². The molecule has 0 aliphatic carbocycles. The van der Waals surface area contributed by atoms with Gasteiger partial charge in [-0.3, -0.25) is 9.59 Å². The summed E-state index contributed by atoms with van der Waals surface area (Å²) in [6, 6.07) is 24.6. The summed E-state index contributed by atoms with van der Waals surface area (Å²) in [5, 5.41) is 10.1. The van der Waals surface area contributed by atoms with Gasteiger partial charge in [0.2, 0.25) is 11.8 Å². The first-order valence-corrected chi connectivity index (χ1v) is 19.4. The van der Waals surface area contributed by atoms with Gasteiger partial charge in [0.15, 0.2) is 0 Å². The molecule has 57 heavy (non-hydrogen) atoms. The quantitative estimate of drug-likeness (QED) is 0.0798. The number of aryl methyl sites for hydroxylation is 1. The van der Waals surface area contributed by atoms with E-state index in [1.54, 1.807) is 0 Å². The van der Waals surface area contributed by atoms with E-state index in [2.05, 4.69) is 91.3 Å². The lowest BCUT2D eigenvalue weighted by atomic mass is 9.97. The van der Waals surface area contributed by atoms with Crippen LogP contribution in [0.25, 0.3) is 55.1 Å². The molecular formula is C43H48N8O6. The standard InChI is InChI=1S/C43H48N8O6/c1-25(2)39(50-43(55)57-4)41(53)51-19-7-8-36(51)40-48-33-17-15-31(23-35(33)49-40)29-13-11-26-20-28(12-10-27(26)21-29)30-14-16-32-34(22-30)47-37(46-32)9-5-6-18-44-38(52)24-45-42(54)56-3/h10-17,20-23,25,36,39H,5-9,18-19,24H2,1-4H3,(H,44,52)(H,45,54)(H,46,47)(H,48,49)(H,50,55). The van der Waals surface area contributed by atoms with Crippen LogP contribution in [-0.2, 0) is 25.5 Å². The van der Waals surface area contributed by atoms with Gasteiger partial charge in [-0.05, 0) is 101 Å². The van der Waals surface area contributed by atoms with Gasteiger partial charge in [-0.1, -0.05) is 50.2 Å². The number of fused-ring (bicyclic) bond motifs is 3. The molecule has 0 saturated carbocycles. The Labute approximate surface area is 330 Å². The summed E-state index contributed by atoms with van der Waals surface area (Å²) >= 11 is 0. The van der Waals surface area contributed by atoms with E-state index in [9.17, 15) is 19.2 Å². The molecule has 1 aliphatic rings. The Morgan fingerprint density at radius 2 is 1.39 bits per heavy atom. The zero-order valence-electron chi connectivity index (χ0n) is 32.6.